The van der Waals surface area contributed by atoms with Gasteiger partial charge in [-0.3, -0.25) is 4.79 Å². The van der Waals surface area contributed by atoms with Crippen molar-refractivity contribution < 1.29 is 14.6 Å². The molecule has 1 atom stereocenters. The minimum absolute atomic E-state index is 0.0535. The number of carboxylic acid groups (broad SMARTS) is 1. The summed E-state index contributed by atoms with van der Waals surface area (Å²) in [6.07, 6.45) is 8.69. The van der Waals surface area contributed by atoms with Crippen LogP contribution in [0.15, 0.2) is 52.6 Å². The third-order valence-electron chi connectivity index (χ3n) is 2.89. The molecular weight excluding hydrogens is 379 g/mol. The van der Waals surface area contributed by atoms with Crippen LogP contribution in [-0.4, -0.2) is 17.2 Å². The molecule has 1 aromatic carbocycles. The van der Waals surface area contributed by atoms with Crippen molar-refractivity contribution in [1.82, 2.24) is 0 Å². The molecule has 0 saturated carbocycles. The second-order valence-electron chi connectivity index (χ2n) is 4.65. The molecule has 0 aliphatic rings. The number of benzene rings is 1. The summed E-state index contributed by atoms with van der Waals surface area (Å²) in [6.45, 7) is 0.597. The molecule has 0 spiro atoms. The van der Waals surface area contributed by atoms with E-state index in [-0.39, 0.29) is 12.5 Å². The van der Waals surface area contributed by atoms with Crippen LogP contribution in [0.2, 0.25) is 0 Å². The molecule has 114 valence electrons. The smallest absolute Gasteiger partial charge is 0.303 e. The first-order valence-electron chi connectivity index (χ1n) is 7.01. The monoisotopic (exact) mass is 400 g/mol. The highest BCUT2D eigenvalue weighted by molar-refractivity contribution is 14.1. The number of hydrogen-bond acceptors (Lipinski definition) is 2. The van der Waals surface area contributed by atoms with E-state index in [0.29, 0.717) is 13.0 Å². The predicted octanol–water partition coefficient (Wildman–Crippen LogP) is 4.72. The highest BCUT2D eigenvalue weighted by atomic mass is 127. The van der Waals surface area contributed by atoms with Crippen LogP contribution in [0.4, 0.5) is 0 Å². The van der Waals surface area contributed by atoms with Crippen molar-refractivity contribution in [2.24, 2.45) is 0 Å². The van der Waals surface area contributed by atoms with Gasteiger partial charge in [-0.25, -0.2) is 0 Å². The highest BCUT2D eigenvalue weighted by Gasteiger charge is 2.03. The Morgan fingerprint density at radius 2 is 2.05 bits per heavy atom. The van der Waals surface area contributed by atoms with E-state index < -0.39 is 5.97 Å². The molecule has 0 aliphatic carbocycles. The zero-order chi connectivity index (χ0) is 15.3. The number of ether oxygens (including phenoxy) is 1. The standard InChI is InChI=1S/C17H21IO3/c18-13-12-16(10-6-1-2-7-11-17(19)20)21-14-15-8-4-3-5-9-15/h1,3-6,8-9,12-13,16H,2,7,10-11,14H2,(H,19,20)/b6-1-,13-12+/t16-/m1/s1. The molecule has 0 radical (unpaired) electrons. The molecule has 0 amide bonds. The third-order valence-corrected chi connectivity index (χ3v) is 3.31. The van der Waals surface area contributed by atoms with Crippen LogP contribution < -0.4 is 0 Å². The van der Waals surface area contributed by atoms with Gasteiger partial charge in [-0.1, -0.05) is 65.1 Å². The first-order valence-corrected chi connectivity index (χ1v) is 8.26. The minimum Gasteiger partial charge on any atom is -0.481 e. The number of unbranched alkanes of at least 4 members (excludes halogenated alkanes) is 1. The molecule has 0 unspecified atom stereocenters. The van der Waals surface area contributed by atoms with Crippen molar-refractivity contribution in [3.05, 3.63) is 58.2 Å². The van der Waals surface area contributed by atoms with Crippen molar-refractivity contribution in [3.63, 3.8) is 0 Å². The molecule has 1 rings (SSSR count). The van der Waals surface area contributed by atoms with Crippen LogP contribution in [0.25, 0.3) is 0 Å². The number of halogens is 1. The van der Waals surface area contributed by atoms with Gasteiger partial charge >= 0.3 is 5.97 Å². The number of hydrogen-bond donors (Lipinski definition) is 1. The van der Waals surface area contributed by atoms with E-state index in [0.717, 1.165) is 18.4 Å². The summed E-state index contributed by atoms with van der Waals surface area (Å²) in [5.74, 6) is -0.736. The number of aliphatic carboxylic acids is 1. The van der Waals surface area contributed by atoms with Gasteiger partial charge in [0, 0.05) is 6.42 Å². The van der Waals surface area contributed by atoms with Crippen LogP contribution in [-0.2, 0) is 16.1 Å². The molecule has 0 aromatic heterocycles. The zero-order valence-electron chi connectivity index (χ0n) is 12.0. The lowest BCUT2D eigenvalue weighted by atomic mass is 10.2. The normalized spacial score (nSPS) is 13.0. The molecule has 3 nitrogen and oxygen atoms in total. The van der Waals surface area contributed by atoms with Gasteiger partial charge < -0.3 is 9.84 Å². The fourth-order valence-electron chi connectivity index (χ4n) is 1.78. The molecular formula is C17H21IO3. The predicted molar refractivity (Wildman–Crippen MR) is 93.4 cm³/mol. The van der Waals surface area contributed by atoms with Crippen LogP contribution in [0.5, 0.6) is 0 Å². The van der Waals surface area contributed by atoms with Crippen LogP contribution >= 0.6 is 22.6 Å². The van der Waals surface area contributed by atoms with E-state index in [1.807, 2.05) is 46.6 Å². The van der Waals surface area contributed by atoms with Crippen molar-refractivity contribution in [2.45, 2.75) is 38.4 Å². The van der Waals surface area contributed by atoms with Gasteiger partial charge in [0.05, 0.1) is 12.7 Å². The van der Waals surface area contributed by atoms with Crippen molar-refractivity contribution in [2.75, 3.05) is 0 Å². The zero-order valence-corrected chi connectivity index (χ0v) is 14.1. The van der Waals surface area contributed by atoms with Gasteiger partial charge in [-0.05, 0) is 35.0 Å². The molecule has 0 saturated heterocycles. The summed E-state index contributed by atoms with van der Waals surface area (Å²) in [7, 11) is 0. The van der Waals surface area contributed by atoms with Gasteiger partial charge in [0.1, 0.15) is 0 Å². The van der Waals surface area contributed by atoms with E-state index in [4.69, 9.17) is 9.84 Å². The summed E-state index contributed by atoms with van der Waals surface area (Å²) >= 11 is 2.19. The fraction of sp³-hybridized carbons (Fsp3) is 0.353. The second-order valence-corrected chi connectivity index (χ2v) is 5.37. The Labute approximate surface area is 139 Å². The Morgan fingerprint density at radius 1 is 1.29 bits per heavy atom. The molecule has 0 bridgehead atoms. The number of carboxylic acids is 1. The van der Waals surface area contributed by atoms with Gasteiger partial charge in [-0.2, -0.15) is 0 Å². The fourth-order valence-corrected chi connectivity index (χ4v) is 2.24. The van der Waals surface area contributed by atoms with E-state index >= 15 is 0 Å². The highest BCUT2D eigenvalue weighted by Crippen LogP contribution is 2.09. The van der Waals surface area contributed by atoms with E-state index in [1.165, 1.54) is 0 Å². The Kier molecular flexibility index (Phi) is 9.82. The van der Waals surface area contributed by atoms with Crippen molar-refractivity contribution in [1.29, 1.82) is 0 Å². The maximum atomic E-state index is 10.4. The lowest BCUT2D eigenvalue weighted by Crippen LogP contribution is -2.08. The summed E-state index contributed by atoms with van der Waals surface area (Å²) in [4.78, 5) is 10.4. The quantitative estimate of drug-likeness (QED) is 0.351. The number of rotatable bonds is 10. The topological polar surface area (TPSA) is 46.5 Å². The van der Waals surface area contributed by atoms with Gasteiger partial charge in [0.2, 0.25) is 0 Å². The van der Waals surface area contributed by atoms with Gasteiger partial charge in [0.25, 0.3) is 0 Å². The van der Waals surface area contributed by atoms with Gasteiger partial charge in [0.15, 0.2) is 0 Å². The largest absolute Gasteiger partial charge is 0.481 e. The average Bonchev–Trinajstić information content (AvgIpc) is 2.49. The Balaban J connectivity index is 2.29. The number of carbonyl (C=O) groups is 1. The van der Waals surface area contributed by atoms with E-state index in [2.05, 4.69) is 28.7 Å². The molecule has 4 heteroatoms. The summed E-state index contributed by atoms with van der Waals surface area (Å²) in [5, 5.41) is 8.55. The van der Waals surface area contributed by atoms with Crippen molar-refractivity contribution >= 4 is 28.6 Å². The Hall–Kier alpha value is -1.14. The van der Waals surface area contributed by atoms with Crippen LogP contribution in [0.3, 0.4) is 0 Å². The Bertz CT molecular complexity index is 454. The molecule has 0 aliphatic heterocycles. The van der Waals surface area contributed by atoms with E-state index in [1.54, 1.807) is 0 Å². The SMILES string of the molecule is O=C(O)CCC/C=C\C[C@H](/C=C/I)OCc1ccccc1. The summed E-state index contributed by atoms with van der Waals surface area (Å²) in [5.41, 5.74) is 1.16. The van der Waals surface area contributed by atoms with Crippen molar-refractivity contribution in [3.8, 4) is 0 Å². The second kappa shape index (κ2) is 11.5. The number of allylic oxidation sites excluding steroid dienone is 1. The first-order chi connectivity index (χ1) is 10.2. The first kappa shape index (κ1) is 17.9. The molecule has 21 heavy (non-hydrogen) atoms. The Morgan fingerprint density at radius 3 is 2.71 bits per heavy atom. The lowest BCUT2D eigenvalue weighted by Gasteiger charge is -2.12. The third kappa shape index (κ3) is 9.42. The average molecular weight is 400 g/mol. The van der Waals surface area contributed by atoms with Crippen LogP contribution in [0.1, 0.15) is 31.2 Å². The summed E-state index contributed by atoms with van der Waals surface area (Å²) in [6, 6.07) is 10.1. The molecule has 1 N–H and O–H groups in total. The lowest BCUT2D eigenvalue weighted by molar-refractivity contribution is -0.137. The van der Waals surface area contributed by atoms with E-state index in [9.17, 15) is 4.79 Å². The maximum Gasteiger partial charge on any atom is 0.303 e. The molecule has 0 fully saturated rings. The van der Waals surface area contributed by atoms with Crippen LogP contribution in [0, 0.1) is 0 Å². The molecule has 1 aromatic rings. The maximum absolute atomic E-state index is 10.4. The summed E-state index contributed by atoms with van der Waals surface area (Å²) < 4.78 is 7.84. The van der Waals surface area contributed by atoms with Gasteiger partial charge in [-0.15, -0.1) is 0 Å². The minimum atomic E-state index is -0.736. The molecule has 0 heterocycles.